The van der Waals surface area contributed by atoms with E-state index in [2.05, 4.69) is 162 Å². The predicted octanol–water partition coefficient (Wildman–Crippen LogP) is 13.7. The smallest absolute Gasteiger partial charge is 0.216 e. The first-order valence-corrected chi connectivity index (χ1v) is 19.2. The summed E-state index contributed by atoms with van der Waals surface area (Å²) >= 11 is 0. The Balaban J connectivity index is 0.000000193. The van der Waals surface area contributed by atoms with Crippen LogP contribution in [0.3, 0.4) is 0 Å². The fraction of sp³-hybridized carbons (Fsp3) is 0.173. The van der Waals surface area contributed by atoms with E-state index in [-0.39, 0.29) is 25.5 Å². The molecule has 57 heavy (non-hydrogen) atoms. The number of aromatic nitrogens is 3. The van der Waals surface area contributed by atoms with E-state index < -0.39 is 0 Å². The van der Waals surface area contributed by atoms with E-state index in [4.69, 9.17) is 9.40 Å². The van der Waals surface area contributed by atoms with Crippen LogP contribution in [0.15, 0.2) is 132 Å². The van der Waals surface area contributed by atoms with Crippen molar-refractivity contribution in [1.29, 1.82) is 0 Å². The Morgan fingerprint density at radius 2 is 1.30 bits per heavy atom. The fourth-order valence-corrected chi connectivity index (χ4v) is 7.17. The van der Waals surface area contributed by atoms with Gasteiger partial charge < -0.3 is 14.4 Å². The molecule has 0 spiro atoms. The third kappa shape index (κ3) is 8.09. The molecule has 0 fully saturated rings. The van der Waals surface area contributed by atoms with Gasteiger partial charge in [0.1, 0.15) is 0 Å². The van der Waals surface area contributed by atoms with Crippen LogP contribution in [0.5, 0.6) is 0 Å². The maximum absolute atomic E-state index is 6.21. The van der Waals surface area contributed by atoms with Crippen molar-refractivity contribution in [3.63, 3.8) is 0 Å². The van der Waals surface area contributed by atoms with Crippen LogP contribution in [0.1, 0.15) is 54.3 Å². The molecule has 285 valence electrons. The van der Waals surface area contributed by atoms with Gasteiger partial charge in [-0.25, -0.2) is 4.98 Å². The maximum atomic E-state index is 6.21. The van der Waals surface area contributed by atoms with E-state index in [0.717, 1.165) is 55.7 Å². The molecule has 0 aliphatic heterocycles. The second kappa shape index (κ2) is 16.0. The van der Waals surface area contributed by atoms with Gasteiger partial charge >= 0.3 is 0 Å². The summed E-state index contributed by atoms with van der Waals surface area (Å²) < 4.78 is 6.21. The average molecular weight is 920 g/mol. The molecular weight excluding hydrogens is 875 g/mol. The Morgan fingerprint density at radius 3 is 2.07 bits per heavy atom. The first-order chi connectivity index (χ1) is 26.9. The quantitative estimate of drug-likeness (QED) is 0.165. The summed E-state index contributed by atoms with van der Waals surface area (Å²) in [6.45, 7) is 17.2. The van der Waals surface area contributed by atoms with Gasteiger partial charge in [-0.3, -0.25) is 0 Å². The van der Waals surface area contributed by atoms with Gasteiger partial charge in [0.2, 0.25) is 5.71 Å². The number of hydrogen-bond donors (Lipinski definition) is 0. The van der Waals surface area contributed by atoms with Crippen LogP contribution in [0.2, 0.25) is 0 Å². The molecule has 0 aliphatic rings. The largest absolute Gasteiger partial charge is 0.486 e. The molecule has 0 unspecified atom stereocenters. The second-order valence-electron chi connectivity index (χ2n) is 15.9. The second-order valence-corrected chi connectivity index (χ2v) is 15.9. The third-order valence-corrected chi connectivity index (χ3v) is 10.7. The van der Waals surface area contributed by atoms with Crippen LogP contribution in [-0.2, 0) is 25.5 Å². The minimum atomic E-state index is 0. The topological polar surface area (TPSA) is 51.8 Å². The van der Waals surface area contributed by atoms with Gasteiger partial charge in [0.25, 0.3) is 0 Å². The summed E-state index contributed by atoms with van der Waals surface area (Å²) in [5, 5.41) is 4.54. The van der Waals surface area contributed by atoms with Gasteiger partial charge in [0.15, 0.2) is 0 Å². The molecule has 0 amide bonds. The minimum absolute atomic E-state index is 0. The molecule has 9 rings (SSSR count). The fourth-order valence-electron chi connectivity index (χ4n) is 7.17. The van der Waals surface area contributed by atoms with Gasteiger partial charge in [0, 0.05) is 43.6 Å². The molecule has 4 heterocycles. The SMILES string of the molecule is Cc1ccc2c(n1)oc1c(-c3cc(-c4ccc5cc(C(C)(C)C)ccc5c4)c(C)cn3)[c-]ccc12.Cc1cnc(-c2[c-]cc(C)c(-c3ccccc3)c2)cc1C.[Ir]. The Hall–Kier alpha value is -5.74. The van der Waals surface area contributed by atoms with Crippen molar-refractivity contribution in [2.75, 3.05) is 0 Å². The van der Waals surface area contributed by atoms with E-state index in [9.17, 15) is 0 Å². The Morgan fingerprint density at radius 1 is 0.579 bits per heavy atom. The van der Waals surface area contributed by atoms with Crippen LogP contribution in [0, 0.1) is 46.8 Å². The van der Waals surface area contributed by atoms with Crippen molar-refractivity contribution in [2.24, 2.45) is 0 Å². The zero-order valence-corrected chi connectivity index (χ0v) is 36.1. The third-order valence-electron chi connectivity index (χ3n) is 10.7. The van der Waals surface area contributed by atoms with Crippen LogP contribution in [0.4, 0.5) is 0 Å². The molecule has 0 N–H and O–H groups in total. The van der Waals surface area contributed by atoms with Gasteiger partial charge in [-0.1, -0.05) is 123 Å². The van der Waals surface area contributed by atoms with Crippen LogP contribution >= 0.6 is 0 Å². The zero-order chi connectivity index (χ0) is 39.1. The van der Waals surface area contributed by atoms with Gasteiger partial charge in [-0.2, -0.15) is 0 Å². The van der Waals surface area contributed by atoms with Crippen molar-refractivity contribution in [2.45, 2.75) is 60.8 Å². The summed E-state index contributed by atoms with van der Waals surface area (Å²) in [7, 11) is 0. The molecule has 4 nitrogen and oxygen atoms in total. The number of hydrogen-bond acceptors (Lipinski definition) is 4. The van der Waals surface area contributed by atoms with Crippen molar-refractivity contribution >= 4 is 32.8 Å². The van der Waals surface area contributed by atoms with Crippen molar-refractivity contribution in [3.05, 3.63) is 173 Å². The van der Waals surface area contributed by atoms with Crippen molar-refractivity contribution in [1.82, 2.24) is 15.0 Å². The van der Waals surface area contributed by atoms with Gasteiger partial charge in [-0.15, -0.1) is 47.5 Å². The van der Waals surface area contributed by atoms with E-state index in [1.54, 1.807) is 0 Å². The van der Waals surface area contributed by atoms with Crippen LogP contribution < -0.4 is 0 Å². The summed E-state index contributed by atoms with van der Waals surface area (Å²) in [4.78, 5) is 13.9. The number of aryl methyl sites for hydroxylation is 5. The monoisotopic (exact) mass is 920 g/mol. The van der Waals surface area contributed by atoms with Crippen LogP contribution in [0.25, 0.3) is 77.6 Å². The summed E-state index contributed by atoms with van der Waals surface area (Å²) in [5.41, 5.74) is 17.2. The van der Waals surface area contributed by atoms with E-state index in [1.807, 2.05) is 43.6 Å². The number of rotatable bonds is 4. The maximum Gasteiger partial charge on any atom is 0.216 e. The molecule has 0 atom stereocenters. The first kappa shape index (κ1) is 39.5. The number of furan rings is 1. The molecule has 5 heteroatoms. The van der Waals surface area contributed by atoms with Gasteiger partial charge in [-0.05, 0) is 107 Å². The van der Waals surface area contributed by atoms with Gasteiger partial charge in [0.05, 0.1) is 5.58 Å². The Kier molecular flexibility index (Phi) is 11.1. The molecule has 0 saturated heterocycles. The minimum Gasteiger partial charge on any atom is -0.486 e. The predicted molar refractivity (Wildman–Crippen MR) is 233 cm³/mol. The zero-order valence-electron chi connectivity index (χ0n) is 33.7. The molecule has 0 aliphatic carbocycles. The standard InChI is InChI=1S/C32H27N2O.C20H18N.Ir/c1-19-18-33-29(27-8-6-7-25-26-14-9-20(2)34-31(26)35-30(25)27)17-28(19)23-11-10-22-16-24(32(3,4)5)13-12-21(22)15-23;1-14-9-10-18(20-11-15(2)16(3)13-21-20)12-19(14)17-7-5-4-6-8-17;/h6-7,9-18H,1-5H3;4-9,11-13H,1-3H3;/q2*-1;. The number of fused-ring (bicyclic) bond motifs is 4. The number of pyridine rings is 3. The molecule has 1 radical (unpaired) electrons. The number of nitrogens with zero attached hydrogens (tertiary/aromatic N) is 3. The molecule has 5 aromatic carbocycles. The average Bonchev–Trinajstić information content (AvgIpc) is 3.57. The van der Waals surface area contributed by atoms with E-state index in [1.165, 1.54) is 49.7 Å². The summed E-state index contributed by atoms with van der Waals surface area (Å²) in [5.74, 6) is 0. The van der Waals surface area contributed by atoms with Crippen molar-refractivity contribution < 1.29 is 24.5 Å². The summed E-state index contributed by atoms with van der Waals surface area (Å²) in [6.07, 6.45) is 3.87. The summed E-state index contributed by atoms with van der Waals surface area (Å²) in [6, 6.07) is 47.2. The number of benzene rings is 5. The molecule has 9 aromatic rings. The molecular formula is C52H45IrN3O-2. The molecule has 4 aromatic heterocycles. The van der Waals surface area contributed by atoms with E-state index in [0.29, 0.717) is 5.71 Å². The van der Waals surface area contributed by atoms with Crippen LogP contribution in [-0.4, -0.2) is 15.0 Å². The Labute approximate surface area is 349 Å². The van der Waals surface area contributed by atoms with Crippen molar-refractivity contribution in [3.8, 4) is 44.8 Å². The normalized spacial score (nSPS) is 11.4. The molecule has 0 saturated carbocycles. The Bertz CT molecular complexity index is 2900. The first-order valence-electron chi connectivity index (χ1n) is 19.2. The molecule has 0 bridgehead atoms. The van der Waals surface area contributed by atoms with E-state index >= 15 is 0 Å².